The van der Waals surface area contributed by atoms with E-state index in [4.69, 9.17) is 0 Å². The highest BCUT2D eigenvalue weighted by Crippen LogP contribution is 2.30. The summed E-state index contributed by atoms with van der Waals surface area (Å²) in [6.45, 7) is 0. The number of carbonyl (C=O) groups excluding carboxylic acids is 2. The standard InChI is InChI=1S/C22H17F3N2O3/c23-22(24,25)16-4-2-6-18(13-16)27-21(30)15-3-1-5-17(12-15)26-20(29)11-14-7-9-19(28)10-8-14/h1-10,12-13,28H,11H2,(H,26,29)(H,27,30). The third-order valence-electron chi connectivity index (χ3n) is 4.16. The van der Waals surface area contributed by atoms with Crippen LogP contribution in [0.4, 0.5) is 24.5 Å². The Balaban J connectivity index is 1.66. The summed E-state index contributed by atoms with van der Waals surface area (Å²) in [6, 6.07) is 16.6. The second-order valence-electron chi connectivity index (χ2n) is 6.50. The fourth-order valence-corrected chi connectivity index (χ4v) is 2.72. The number of phenolic OH excluding ortho intramolecular Hbond substituents is 1. The number of rotatable bonds is 5. The minimum Gasteiger partial charge on any atom is -0.508 e. The highest BCUT2D eigenvalue weighted by atomic mass is 19.4. The zero-order valence-corrected chi connectivity index (χ0v) is 15.5. The molecule has 3 aromatic carbocycles. The zero-order valence-electron chi connectivity index (χ0n) is 15.5. The number of alkyl halides is 3. The first kappa shape index (κ1) is 20.9. The number of anilines is 2. The van der Waals surface area contributed by atoms with Gasteiger partial charge in [-0.25, -0.2) is 0 Å². The van der Waals surface area contributed by atoms with E-state index in [1.807, 2.05) is 0 Å². The van der Waals surface area contributed by atoms with Crippen LogP contribution >= 0.6 is 0 Å². The molecule has 0 saturated carbocycles. The molecular weight excluding hydrogens is 397 g/mol. The molecule has 0 saturated heterocycles. The number of nitrogens with one attached hydrogen (secondary N) is 2. The predicted molar refractivity (Wildman–Crippen MR) is 106 cm³/mol. The summed E-state index contributed by atoms with van der Waals surface area (Å²) >= 11 is 0. The van der Waals surface area contributed by atoms with Gasteiger partial charge in [0.05, 0.1) is 12.0 Å². The molecule has 2 amide bonds. The van der Waals surface area contributed by atoms with E-state index >= 15 is 0 Å². The smallest absolute Gasteiger partial charge is 0.416 e. The van der Waals surface area contributed by atoms with Crippen molar-refractivity contribution < 1.29 is 27.9 Å². The summed E-state index contributed by atoms with van der Waals surface area (Å²) < 4.78 is 38.4. The number of halogens is 3. The number of amides is 2. The van der Waals surface area contributed by atoms with Crippen LogP contribution in [-0.4, -0.2) is 16.9 Å². The van der Waals surface area contributed by atoms with Crippen LogP contribution in [0.25, 0.3) is 0 Å². The van der Waals surface area contributed by atoms with Gasteiger partial charge in [0.2, 0.25) is 5.91 Å². The Morgan fingerprint density at radius 2 is 1.47 bits per heavy atom. The first-order valence-electron chi connectivity index (χ1n) is 8.87. The molecule has 0 atom stereocenters. The lowest BCUT2D eigenvalue weighted by Gasteiger charge is -2.11. The van der Waals surface area contributed by atoms with Gasteiger partial charge in [-0.2, -0.15) is 13.2 Å². The fourth-order valence-electron chi connectivity index (χ4n) is 2.72. The zero-order chi connectivity index (χ0) is 21.7. The first-order chi connectivity index (χ1) is 14.2. The number of hydrogen-bond donors (Lipinski definition) is 3. The summed E-state index contributed by atoms with van der Waals surface area (Å²) in [5, 5.41) is 14.4. The molecule has 154 valence electrons. The summed E-state index contributed by atoms with van der Waals surface area (Å²) in [6.07, 6.45) is -4.44. The molecule has 3 N–H and O–H groups in total. The second-order valence-corrected chi connectivity index (χ2v) is 6.50. The Hall–Kier alpha value is -3.81. The number of hydrogen-bond acceptors (Lipinski definition) is 3. The maximum Gasteiger partial charge on any atom is 0.416 e. The van der Waals surface area contributed by atoms with Crippen LogP contribution in [0, 0.1) is 0 Å². The Kier molecular flexibility index (Phi) is 6.06. The molecule has 0 unspecified atom stereocenters. The fraction of sp³-hybridized carbons (Fsp3) is 0.0909. The van der Waals surface area contributed by atoms with Crippen molar-refractivity contribution in [2.24, 2.45) is 0 Å². The monoisotopic (exact) mass is 414 g/mol. The molecule has 0 aromatic heterocycles. The average Bonchev–Trinajstić information content (AvgIpc) is 2.69. The van der Waals surface area contributed by atoms with Gasteiger partial charge in [-0.05, 0) is 54.1 Å². The Morgan fingerprint density at radius 1 is 0.833 bits per heavy atom. The summed E-state index contributed by atoms with van der Waals surface area (Å²) in [5.41, 5.74) is 0.390. The number of carbonyl (C=O) groups is 2. The van der Waals surface area contributed by atoms with E-state index in [0.29, 0.717) is 11.3 Å². The molecule has 8 heteroatoms. The van der Waals surface area contributed by atoms with Crippen molar-refractivity contribution in [2.45, 2.75) is 12.6 Å². The van der Waals surface area contributed by atoms with Crippen LogP contribution in [0.2, 0.25) is 0 Å². The van der Waals surface area contributed by atoms with Crippen LogP contribution in [0.1, 0.15) is 21.5 Å². The van der Waals surface area contributed by atoms with E-state index in [-0.39, 0.29) is 29.3 Å². The van der Waals surface area contributed by atoms with E-state index in [1.165, 1.54) is 36.4 Å². The topological polar surface area (TPSA) is 78.4 Å². The van der Waals surface area contributed by atoms with Crippen molar-refractivity contribution in [3.63, 3.8) is 0 Å². The normalized spacial score (nSPS) is 11.0. The molecular formula is C22H17F3N2O3. The molecule has 0 fully saturated rings. The summed E-state index contributed by atoms with van der Waals surface area (Å²) in [4.78, 5) is 24.6. The van der Waals surface area contributed by atoms with Crippen molar-refractivity contribution >= 4 is 23.2 Å². The maximum absolute atomic E-state index is 12.8. The van der Waals surface area contributed by atoms with Crippen molar-refractivity contribution in [3.05, 3.63) is 89.5 Å². The van der Waals surface area contributed by atoms with Crippen molar-refractivity contribution in [1.82, 2.24) is 0 Å². The Morgan fingerprint density at radius 3 is 2.13 bits per heavy atom. The Labute approximate surface area is 170 Å². The third kappa shape index (κ3) is 5.60. The van der Waals surface area contributed by atoms with E-state index in [9.17, 15) is 27.9 Å². The van der Waals surface area contributed by atoms with Crippen LogP contribution in [0.15, 0.2) is 72.8 Å². The van der Waals surface area contributed by atoms with Crippen LogP contribution in [0.5, 0.6) is 5.75 Å². The molecule has 0 heterocycles. The Bertz CT molecular complexity index is 1060. The lowest BCUT2D eigenvalue weighted by molar-refractivity contribution is -0.137. The SMILES string of the molecule is O=C(Cc1ccc(O)cc1)Nc1cccc(C(=O)Nc2cccc(C(F)(F)F)c2)c1. The van der Waals surface area contributed by atoms with Crippen molar-refractivity contribution in [2.75, 3.05) is 10.6 Å². The summed E-state index contributed by atoms with van der Waals surface area (Å²) in [5.74, 6) is -0.835. The quantitative estimate of drug-likeness (QED) is 0.559. The van der Waals surface area contributed by atoms with E-state index in [0.717, 1.165) is 12.1 Å². The lowest BCUT2D eigenvalue weighted by atomic mass is 10.1. The predicted octanol–water partition coefficient (Wildman–Crippen LogP) is 4.84. The van der Waals surface area contributed by atoms with Gasteiger partial charge < -0.3 is 15.7 Å². The van der Waals surface area contributed by atoms with E-state index in [1.54, 1.807) is 24.3 Å². The molecule has 5 nitrogen and oxygen atoms in total. The lowest BCUT2D eigenvalue weighted by Crippen LogP contribution is -2.16. The van der Waals surface area contributed by atoms with E-state index in [2.05, 4.69) is 10.6 Å². The third-order valence-corrected chi connectivity index (χ3v) is 4.16. The first-order valence-corrected chi connectivity index (χ1v) is 8.87. The molecule has 30 heavy (non-hydrogen) atoms. The second kappa shape index (κ2) is 8.69. The van der Waals surface area contributed by atoms with Gasteiger partial charge in [0, 0.05) is 16.9 Å². The maximum atomic E-state index is 12.8. The number of benzene rings is 3. The minimum absolute atomic E-state index is 0.0107. The van der Waals surface area contributed by atoms with Gasteiger partial charge in [-0.15, -0.1) is 0 Å². The van der Waals surface area contributed by atoms with Gasteiger partial charge in [-0.3, -0.25) is 9.59 Å². The molecule has 3 rings (SSSR count). The van der Waals surface area contributed by atoms with Gasteiger partial charge in [0.1, 0.15) is 5.75 Å². The highest BCUT2D eigenvalue weighted by Gasteiger charge is 2.30. The molecule has 0 radical (unpaired) electrons. The molecule has 0 aliphatic carbocycles. The van der Waals surface area contributed by atoms with Gasteiger partial charge in [0.15, 0.2) is 0 Å². The molecule has 0 aliphatic rings. The van der Waals surface area contributed by atoms with Gasteiger partial charge in [-0.1, -0.05) is 24.3 Å². The van der Waals surface area contributed by atoms with Crippen molar-refractivity contribution in [1.29, 1.82) is 0 Å². The van der Waals surface area contributed by atoms with Crippen LogP contribution in [0.3, 0.4) is 0 Å². The van der Waals surface area contributed by atoms with Gasteiger partial charge in [0.25, 0.3) is 5.91 Å². The van der Waals surface area contributed by atoms with E-state index < -0.39 is 17.6 Å². The molecule has 0 spiro atoms. The minimum atomic E-state index is -4.51. The highest BCUT2D eigenvalue weighted by molar-refractivity contribution is 6.05. The molecule has 3 aromatic rings. The number of phenols is 1. The molecule has 0 bridgehead atoms. The average molecular weight is 414 g/mol. The molecule has 0 aliphatic heterocycles. The largest absolute Gasteiger partial charge is 0.508 e. The van der Waals surface area contributed by atoms with Crippen LogP contribution in [-0.2, 0) is 17.4 Å². The number of aromatic hydroxyl groups is 1. The summed E-state index contributed by atoms with van der Waals surface area (Å²) in [7, 11) is 0. The van der Waals surface area contributed by atoms with Gasteiger partial charge >= 0.3 is 6.18 Å². The van der Waals surface area contributed by atoms with Crippen molar-refractivity contribution in [3.8, 4) is 5.75 Å². The van der Waals surface area contributed by atoms with Crippen LogP contribution < -0.4 is 10.6 Å².